The molecule has 2 heterocycles. The maximum atomic E-state index is 13.5. The largest absolute Gasteiger partial charge is 0.379 e. The molecule has 0 bridgehead atoms. The van der Waals surface area contributed by atoms with Crippen molar-refractivity contribution >= 4 is 16.8 Å². The molecule has 0 atom stereocenters. The maximum absolute atomic E-state index is 13.5. The van der Waals surface area contributed by atoms with Crippen molar-refractivity contribution in [3.63, 3.8) is 0 Å². The number of nitrogens with zero attached hydrogens (tertiary/aromatic N) is 2. The van der Waals surface area contributed by atoms with E-state index >= 15 is 0 Å². The summed E-state index contributed by atoms with van der Waals surface area (Å²) in [5.74, 6) is -0.792. The Balaban J connectivity index is 1.86. The first-order chi connectivity index (χ1) is 12.3. The SMILES string of the molecule is CN(C(=O)c1cc2cc(F)ccc2[nH]c1=O)C(C)(C)CN1CCOCC1. The summed E-state index contributed by atoms with van der Waals surface area (Å²) in [7, 11) is 1.69. The van der Waals surface area contributed by atoms with Crippen LogP contribution in [0.3, 0.4) is 0 Å². The van der Waals surface area contributed by atoms with Gasteiger partial charge in [0.1, 0.15) is 11.4 Å². The van der Waals surface area contributed by atoms with Crippen molar-refractivity contribution < 1.29 is 13.9 Å². The molecule has 1 saturated heterocycles. The quantitative estimate of drug-likeness (QED) is 0.903. The van der Waals surface area contributed by atoms with Gasteiger partial charge < -0.3 is 14.6 Å². The Kier molecular flexibility index (Phi) is 5.11. The van der Waals surface area contributed by atoms with Crippen LogP contribution >= 0.6 is 0 Å². The first kappa shape index (κ1) is 18.5. The molecule has 6 nitrogen and oxygen atoms in total. The highest BCUT2D eigenvalue weighted by atomic mass is 19.1. The number of likely N-dealkylation sites (N-methyl/N-ethyl adjacent to an activating group) is 1. The summed E-state index contributed by atoms with van der Waals surface area (Å²) in [6, 6.07) is 5.53. The van der Waals surface area contributed by atoms with Crippen LogP contribution in [0.2, 0.25) is 0 Å². The Labute approximate surface area is 151 Å². The Morgan fingerprint density at radius 1 is 1.31 bits per heavy atom. The fourth-order valence-electron chi connectivity index (χ4n) is 3.20. The van der Waals surface area contributed by atoms with Crippen LogP contribution in [0, 0.1) is 5.82 Å². The molecule has 0 aliphatic carbocycles. The molecule has 0 unspecified atom stereocenters. The van der Waals surface area contributed by atoms with E-state index in [2.05, 4.69) is 9.88 Å². The average Bonchev–Trinajstić information content (AvgIpc) is 2.60. The lowest BCUT2D eigenvalue weighted by atomic mass is 10.0. The Morgan fingerprint density at radius 2 is 2.00 bits per heavy atom. The number of fused-ring (bicyclic) bond motifs is 1. The van der Waals surface area contributed by atoms with E-state index in [-0.39, 0.29) is 11.5 Å². The minimum atomic E-state index is -0.474. The standard InChI is InChI=1S/C19H24FN3O3/c1-19(2,12-23-6-8-26-9-7-23)22(3)18(25)15-11-13-10-14(20)4-5-16(13)21-17(15)24/h4-5,10-11H,6-9,12H2,1-3H3,(H,21,24). The number of pyridine rings is 1. The molecule has 7 heteroatoms. The van der Waals surface area contributed by atoms with Crippen LogP contribution in [0.1, 0.15) is 24.2 Å². The van der Waals surface area contributed by atoms with E-state index in [0.717, 1.165) is 13.1 Å². The average molecular weight is 361 g/mol. The predicted molar refractivity (Wildman–Crippen MR) is 98.0 cm³/mol. The number of rotatable bonds is 4. The molecule has 1 amide bonds. The number of nitrogens with one attached hydrogen (secondary N) is 1. The highest BCUT2D eigenvalue weighted by Crippen LogP contribution is 2.19. The van der Waals surface area contributed by atoms with Gasteiger partial charge in [-0.1, -0.05) is 0 Å². The fraction of sp³-hybridized carbons (Fsp3) is 0.474. The Bertz CT molecular complexity index is 872. The van der Waals surface area contributed by atoms with Crippen LogP contribution in [0.15, 0.2) is 29.1 Å². The highest BCUT2D eigenvalue weighted by molar-refractivity contribution is 5.97. The molecule has 0 radical (unpaired) electrons. The van der Waals surface area contributed by atoms with Crippen LogP contribution in [-0.2, 0) is 4.74 Å². The van der Waals surface area contributed by atoms with Crippen molar-refractivity contribution in [2.45, 2.75) is 19.4 Å². The Hall–Kier alpha value is -2.25. The molecule has 1 aromatic carbocycles. The summed E-state index contributed by atoms with van der Waals surface area (Å²) in [4.78, 5) is 31.8. The van der Waals surface area contributed by atoms with Crippen molar-refractivity contribution in [3.05, 3.63) is 46.0 Å². The van der Waals surface area contributed by atoms with Gasteiger partial charge in [0.2, 0.25) is 0 Å². The van der Waals surface area contributed by atoms with E-state index in [0.29, 0.717) is 30.7 Å². The fourth-order valence-corrected chi connectivity index (χ4v) is 3.20. The normalized spacial score (nSPS) is 16.0. The van der Waals surface area contributed by atoms with Crippen LogP contribution in [0.4, 0.5) is 4.39 Å². The van der Waals surface area contributed by atoms with Crippen LogP contribution < -0.4 is 5.56 Å². The van der Waals surface area contributed by atoms with Gasteiger partial charge in [0.25, 0.3) is 11.5 Å². The molecule has 2 aromatic rings. The van der Waals surface area contributed by atoms with Gasteiger partial charge in [0, 0.05) is 43.1 Å². The van der Waals surface area contributed by atoms with E-state index in [4.69, 9.17) is 4.74 Å². The summed E-state index contributed by atoms with van der Waals surface area (Å²) < 4.78 is 18.8. The van der Waals surface area contributed by atoms with Crippen molar-refractivity contribution in [1.82, 2.24) is 14.8 Å². The highest BCUT2D eigenvalue weighted by Gasteiger charge is 2.32. The maximum Gasteiger partial charge on any atom is 0.261 e. The third kappa shape index (κ3) is 3.78. The van der Waals surface area contributed by atoms with E-state index in [1.165, 1.54) is 24.3 Å². The molecule has 140 valence electrons. The molecule has 0 saturated carbocycles. The molecule has 1 aromatic heterocycles. The number of aromatic amines is 1. The summed E-state index contributed by atoms with van der Waals surface area (Å²) in [6.45, 7) is 7.62. The second-order valence-electron chi connectivity index (χ2n) is 7.31. The molecular formula is C19H24FN3O3. The minimum absolute atomic E-state index is 0.0145. The lowest BCUT2D eigenvalue weighted by molar-refractivity contribution is 0.0104. The number of aromatic nitrogens is 1. The number of morpholine rings is 1. The molecule has 26 heavy (non-hydrogen) atoms. The molecular weight excluding hydrogens is 337 g/mol. The third-order valence-electron chi connectivity index (χ3n) is 4.96. The number of benzene rings is 1. The number of carbonyl (C=O) groups excluding carboxylic acids is 1. The van der Waals surface area contributed by atoms with Crippen molar-refractivity contribution in [1.29, 1.82) is 0 Å². The minimum Gasteiger partial charge on any atom is -0.379 e. The smallest absolute Gasteiger partial charge is 0.261 e. The molecule has 1 aliphatic rings. The van der Waals surface area contributed by atoms with Crippen LogP contribution in [-0.4, -0.2) is 66.1 Å². The van der Waals surface area contributed by atoms with Gasteiger partial charge in [-0.25, -0.2) is 4.39 Å². The third-order valence-corrected chi connectivity index (χ3v) is 4.96. The molecule has 1 fully saturated rings. The zero-order valence-corrected chi connectivity index (χ0v) is 15.3. The molecule has 3 rings (SSSR count). The Morgan fingerprint density at radius 3 is 2.69 bits per heavy atom. The molecule has 0 spiro atoms. The first-order valence-corrected chi connectivity index (χ1v) is 8.69. The number of carbonyl (C=O) groups is 1. The van der Waals surface area contributed by atoms with Crippen molar-refractivity contribution in [2.75, 3.05) is 39.9 Å². The van der Waals surface area contributed by atoms with Gasteiger partial charge >= 0.3 is 0 Å². The van der Waals surface area contributed by atoms with Crippen molar-refractivity contribution in [2.24, 2.45) is 0 Å². The predicted octanol–water partition coefficient (Wildman–Crippen LogP) is 1.85. The summed E-state index contributed by atoms with van der Waals surface area (Å²) in [5, 5.41) is 0.493. The molecule has 1 N–H and O–H groups in total. The number of amides is 1. The summed E-state index contributed by atoms with van der Waals surface area (Å²) >= 11 is 0. The van der Waals surface area contributed by atoms with Gasteiger partial charge in [0.15, 0.2) is 0 Å². The topological polar surface area (TPSA) is 65.6 Å². The van der Waals surface area contributed by atoms with Gasteiger partial charge in [-0.15, -0.1) is 0 Å². The first-order valence-electron chi connectivity index (χ1n) is 8.69. The van der Waals surface area contributed by atoms with Gasteiger partial charge in [0.05, 0.1) is 13.2 Å². The summed E-state index contributed by atoms with van der Waals surface area (Å²) in [5.41, 5.74) is -0.426. The zero-order valence-electron chi connectivity index (χ0n) is 15.3. The van der Waals surface area contributed by atoms with E-state index in [9.17, 15) is 14.0 Å². The van der Waals surface area contributed by atoms with Gasteiger partial charge in [-0.2, -0.15) is 0 Å². The number of hydrogen-bond donors (Lipinski definition) is 1. The molecule has 1 aliphatic heterocycles. The van der Waals surface area contributed by atoms with Crippen LogP contribution in [0.5, 0.6) is 0 Å². The second kappa shape index (κ2) is 7.17. The summed E-state index contributed by atoms with van der Waals surface area (Å²) in [6.07, 6.45) is 0. The number of H-pyrrole nitrogens is 1. The van der Waals surface area contributed by atoms with E-state index in [1.54, 1.807) is 11.9 Å². The van der Waals surface area contributed by atoms with Gasteiger partial charge in [-0.05, 0) is 38.1 Å². The number of hydrogen-bond acceptors (Lipinski definition) is 4. The number of halogens is 1. The van der Waals surface area contributed by atoms with Gasteiger partial charge in [-0.3, -0.25) is 14.5 Å². The number of ether oxygens (including phenoxy) is 1. The lowest BCUT2D eigenvalue weighted by Gasteiger charge is -2.40. The van der Waals surface area contributed by atoms with Crippen LogP contribution in [0.25, 0.3) is 10.9 Å². The lowest BCUT2D eigenvalue weighted by Crippen LogP contribution is -2.54. The van der Waals surface area contributed by atoms with Crippen molar-refractivity contribution in [3.8, 4) is 0 Å². The zero-order chi connectivity index (χ0) is 18.9. The monoisotopic (exact) mass is 361 g/mol. The second-order valence-corrected chi connectivity index (χ2v) is 7.31. The van der Waals surface area contributed by atoms with E-state index in [1.807, 2.05) is 13.8 Å². The van der Waals surface area contributed by atoms with E-state index < -0.39 is 16.9 Å².